The van der Waals surface area contributed by atoms with E-state index >= 15 is 0 Å². The first-order chi connectivity index (χ1) is 8.58. The summed E-state index contributed by atoms with van der Waals surface area (Å²) in [6.07, 6.45) is 11.0. The van der Waals surface area contributed by atoms with Crippen LogP contribution in [0.15, 0.2) is 0 Å². The molecule has 2 heteroatoms. The van der Waals surface area contributed by atoms with Crippen molar-refractivity contribution in [3.8, 4) is 0 Å². The molecule has 0 saturated carbocycles. The number of unbranched alkanes of at least 4 members (excludes halogenated alkanes) is 4. The molecule has 1 saturated heterocycles. The summed E-state index contributed by atoms with van der Waals surface area (Å²) < 4.78 is 5.39. The maximum absolute atomic E-state index is 5.39. The van der Waals surface area contributed by atoms with Crippen LogP contribution in [0.4, 0.5) is 0 Å². The highest BCUT2D eigenvalue weighted by Crippen LogP contribution is 2.21. The minimum atomic E-state index is 0.281. The summed E-state index contributed by atoms with van der Waals surface area (Å²) in [4.78, 5) is 0. The van der Waals surface area contributed by atoms with Crippen LogP contribution in [-0.4, -0.2) is 25.3 Å². The van der Waals surface area contributed by atoms with Crippen LogP contribution >= 0.6 is 0 Å². The van der Waals surface area contributed by atoms with Crippen molar-refractivity contribution in [2.24, 2.45) is 5.92 Å². The third kappa shape index (κ3) is 8.93. The van der Waals surface area contributed by atoms with Gasteiger partial charge in [-0.1, -0.05) is 32.1 Å². The highest BCUT2D eigenvalue weighted by Gasteiger charge is 2.12. The molecule has 0 aromatic carbocycles. The van der Waals surface area contributed by atoms with Crippen molar-refractivity contribution in [2.75, 3.05) is 19.8 Å². The van der Waals surface area contributed by atoms with Gasteiger partial charge in [0.2, 0.25) is 0 Å². The van der Waals surface area contributed by atoms with Gasteiger partial charge in [0.05, 0.1) is 0 Å². The molecular formula is C16H33NO. The lowest BCUT2D eigenvalue weighted by atomic mass is 9.93. The van der Waals surface area contributed by atoms with Gasteiger partial charge in [0.1, 0.15) is 0 Å². The minimum Gasteiger partial charge on any atom is -0.381 e. The average Bonchev–Trinajstić information content (AvgIpc) is 2.32. The van der Waals surface area contributed by atoms with E-state index in [1.807, 2.05) is 0 Å². The lowest BCUT2D eigenvalue weighted by Crippen LogP contribution is -2.36. The van der Waals surface area contributed by atoms with E-state index in [0.717, 1.165) is 19.1 Å². The molecule has 0 atom stereocenters. The summed E-state index contributed by atoms with van der Waals surface area (Å²) in [5, 5.41) is 3.55. The van der Waals surface area contributed by atoms with Crippen LogP contribution in [0.1, 0.15) is 72.1 Å². The van der Waals surface area contributed by atoms with Gasteiger partial charge in [-0.25, -0.2) is 0 Å². The van der Waals surface area contributed by atoms with Gasteiger partial charge in [0, 0.05) is 18.8 Å². The smallest absolute Gasteiger partial charge is 0.0468 e. The van der Waals surface area contributed by atoms with Crippen LogP contribution in [0.5, 0.6) is 0 Å². The van der Waals surface area contributed by atoms with Crippen molar-refractivity contribution in [3.63, 3.8) is 0 Å². The Kier molecular flexibility index (Phi) is 7.92. The monoisotopic (exact) mass is 255 g/mol. The molecule has 0 aliphatic carbocycles. The maximum atomic E-state index is 5.39. The zero-order valence-electron chi connectivity index (χ0n) is 12.8. The van der Waals surface area contributed by atoms with E-state index in [2.05, 4.69) is 26.1 Å². The molecule has 1 heterocycles. The summed E-state index contributed by atoms with van der Waals surface area (Å²) in [6, 6.07) is 0. The SMILES string of the molecule is CC(C)(C)NCCCCCCCC1CCOCC1. The standard InChI is InChI=1S/C16H33NO/c1-16(2,3)17-12-8-6-4-5-7-9-15-10-13-18-14-11-15/h15,17H,4-14H2,1-3H3. The third-order valence-corrected chi connectivity index (χ3v) is 3.79. The van der Waals surface area contributed by atoms with Crippen molar-refractivity contribution >= 4 is 0 Å². The second kappa shape index (κ2) is 8.92. The fraction of sp³-hybridized carbons (Fsp3) is 1.00. The van der Waals surface area contributed by atoms with Gasteiger partial charge in [0.25, 0.3) is 0 Å². The van der Waals surface area contributed by atoms with E-state index < -0.39 is 0 Å². The van der Waals surface area contributed by atoms with Gasteiger partial charge in [-0.05, 0) is 52.5 Å². The maximum Gasteiger partial charge on any atom is 0.0468 e. The molecule has 0 unspecified atom stereocenters. The summed E-state index contributed by atoms with van der Waals surface area (Å²) in [6.45, 7) is 9.89. The van der Waals surface area contributed by atoms with Gasteiger partial charge in [-0.3, -0.25) is 0 Å². The molecule has 0 bridgehead atoms. The lowest BCUT2D eigenvalue weighted by molar-refractivity contribution is 0.0631. The Morgan fingerprint density at radius 1 is 0.944 bits per heavy atom. The zero-order valence-corrected chi connectivity index (χ0v) is 12.8. The van der Waals surface area contributed by atoms with Gasteiger partial charge >= 0.3 is 0 Å². The van der Waals surface area contributed by atoms with Crippen molar-refractivity contribution in [3.05, 3.63) is 0 Å². The second-order valence-corrected chi connectivity index (χ2v) is 6.79. The number of rotatable bonds is 8. The predicted molar refractivity (Wildman–Crippen MR) is 79.0 cm³/mol. The van der Waals surface area contributed by atoms with Crippen LogP contribution < -0.4 is 5.32 Å². The van der Waals surface area contributed by atoms with Gasteiger partial charge in [-0.15, -0.1) is 0 Å². The van der Waals surface area contributed by atoms with E-state index in [1.165, 1.54) is 57.9 Å². The van der Waals surface area contributed by atoms with Gasteiger partial charge < -0.3 is 10.1 Å². The van der Waals surface area contributed by atoms with E-state index in [9.17, 15) is 0 Å². The molecule has 108 valence electrons. The van der Waals surface area contributed by atoms with E-state index in [0.29, 0.717) is 0 Å². The normalized spacial score (nSPS) is 18.2. The van der Waals surface area contributed by atoms with Crippen molar-refractivity contribution in [2.45, 2.75) is 77.7 Å². The zero-order chi connectivity index (χ0) is 13.3. The first-order valence-electron chi connectivity index (χ1n) is 7.91. The molecule has 1 aliphatic rings. The molecule has 0 aromatic heterocycles. The van der Waals surface area contributed by atoms with Gasteiger partial charge in [-0.2, -0.15) is 0 Å². The van der Waals surface area contributed by atoms with Crippen LogP contribution in [0.25, 0.3) is 0 Å². The minimum absolute atomic E-state index is 0.281. The number of hydrogen-bond acceptors (Lipinski definition) is 2. The van der Waals surface area contributed by atoms with E-state index in [4.69, 9.17) is 4.74 Å². The Balaban J connectivity index is 1.81. The highest BCUT2D eigenvalue weighted by molar-refractivity contribution is 4.69. The van der Waals surface area contributed by atoms with E-state index in [1.54, 1.807) is 0 Å². The van der Waals surface area contributed by atoms with Crippen LogP contribution in [0.2, 0.25) is 0 Å². The highest BCUT2D eigenvalue weighted by atomic mass is 16.5. The molecule has 2 nitrogen and oxygen atoms in total. The molecule has 0 aromatic rings. The van der Waals surface area contributed by atoms with Gasteiger partial charge in [0.15, 0.2) is 0 Å². The number of nitrogens with one attached hydrogen (secondary N) is 1. The number of hydrogen-bond donors (Lipinski definition) is 1. The third-order valence-electron chi connectivity index (χ3n) is 3.79. The summed E-state index contributed by atoms with van der Waals surface area (Å²) in [5.41, 5.74) is 0.281. The van der Waals surface area contributed by atoms with E-state index in [-0.39, 0.29) is 5.54 Å². The van der Waals surface area contributed by atoms with Crippen LogP contribution in [0.3, 0.4) is 0 Å². The topological polar surface area (TPSA) is 21.3 Å². The molecule has 0 amide bonds. The lowest BCUT2D eigenvalue weighted by Gasteiger charge is -2.21. The summed E-state index contributed by atoms with van der Waals surface area (Å²) in [5.74, 6) is 0.960. The van der Waals surface area contributed by atoms with Crippen LogP contribution in [-0.2, 0) is 4.74 Å². The Hall–Kier alpha value is -0.0800. The molecule has 1 rings (SSSR count). The summed E-state index contributed by atoms with van der Waals surface area (Å²) in [7, 11) is 0. The summed E-state index contributed by atoms with van der Waals surface area (Å²) >= 11 is 0. The second-order valence-electron chi connectivity index (χ2n) is 6.79. The Morgan fingerprint density at radius 2 is 1.56 bits per heavy atom. The molecule has 0 radical (unpaired) electrons. The molecule has 1 N–H and O–H groups in total. The first-order valence-corrected chi connectivity index (χ1v) is 7.91. The molecular weight excluding hydrogens is 222 g/mol. The molecule has 18 heavy (non-hydrogen) atoms. The number of ether oxygens (including phenoxy) is 1. The molecule has 1 aliphatic heterocycles. The van der Waals surface area contributed by atoms with Crippen molar-refractivity contribution in [1.29, 1.82) is 0 Å². The fourth-order valence-corrected chi connectivity index (χ4v) is 2.59. The quantitative estimate of drug-likeness (QED) is 0.658. The predicted octanol–water partition coefficient (Wildman–Crippen LogP) is 4.14. The Morgan fingerprint density at radius 3 is 2.22 bits per heavy atom. The van der Waals surface area contributed by atoms with Crippen LogP contribution in [0, 0.1) is 5.92 Å². The molecule has 0 spiro atoms. The van der Waals surface area contributed by atoms with Crippen molar-refractivity contribution in [1.82, 2.24) is 5.32 Å². The van der Waals surface area contributed by atoms with Crippen molar-refractivity contribution < 1.29 is 4.74 Å². The Labute approximate surface area is 114 Å². The molecule has 1 fully saturated rings. The first kappa shape index (κ1) is 16.0. The Bertz CT molecular complexity index is 192. The fourth-order valence-electron chi connectivity index (χ4n) is 2.59. The largest absolute Gasteiger partial charge is 0.381 e. The average molecular weight is 255 g/mol.